The molecule has 168 valence electrons. The number of fused-ring (bicyclic) bond motifs is 3. The molecule has 0 aliphatic carbocycles. The lowest BCUT2D eigenvalue weighted by Gasteiger charge is -2.44. The average molecular weight is 415 g/mol. The van der Waals surface area contributed by atoms with Crippen molar-refractivity contribution in [1.29, 1.82) is 0 Å². The molecular formula is C22H38O7. The molecule has 4 saturated heterocycles. The van der Waals surface area contributed by atoms with E-state index in [0.29, 0.717) is 24.4 Å². The van der Waals surface area contributed by atoms with Crippen LogP contribution in [0.25, 0.3) is 0 Å². The molecule has 4 heterocycles. The molecule has 0 aromatic rings. The van der Waals surface area contributed by atoms with Crippen molar-refractivity contribution in [2.45, 2.75) is 116 Å². The first-order valence-electron chi connectivity index (χ1n) is 11.1. The molecule has 0 amide bonds. The molecule has 4 fully saturated rings. The topological polar surface area (TPSA) is 64.6 Å². The van der Waals surface area contributed by atoms with Crippen molar-refractivity contribution in [2.24, 2.45) is 17.8 Å². The lowest BCUT2D eigenvalue weighted by atomic mass is 9.78. The Hall–Kier alpha value is -0.280. The predicted molar refractivity (Wildman–Crippen MR) is 105 cm³/mol. The van der Waals surface area contributed by atoms with E-state index in [-0.39, 0.29) is 36.8 Å². The summed E-state index contributed by atoms with van der Waals surface area (Å²) in [5.74, 6) is -0.0624. The third-order valence-corrected chi connectivity index (χ3v) is 7.06. The van der Waals surface area contributed by atoms with E-state index in [9.17, 15) is 0 Å². The molecule has 0 bridgehead atoms. The largest absolute Gasteiger partial charge is 0.350 e. The lowest BCUT2D eigenvalue weighted by Crippen LogP contribution is -2.57. The van der Waals surface area contributed by atoms with Gasteiger partial charge < -0.3 is 33.2 Å². The number of hydrogen-bond donors (Lipinski definition) is 0. The van der Waals surface area contributed by atoms with Crippen molar-refractivity contribution in [3.8, 4) is 0 Å². The third-order valence-electron chi connectivity index (χ3n) is 7.06. The van der Waals surface area contributed by atoms with Gasteiger partial charge in [0.1, 0.15) is 24.4 Å². The fraction of sp³-hybridized carbons (Fsp3) is 1.00. The Labute approximate surface area is 174 Å². The zero-order valence-corrected chi connectivity index (χ0v) is 19.0. The van der Waals surface area contributed by atoms with Crippen LogP contribution < -0.4 is 0 Å². The van der Waals surface area contributed by atoms with Gasteiger partial charge in [-0.25, -0.2) is 0 Å². The van der Waals surface area contributed by atoms with Crippen molar-refractivity contribution in [2.75, 3.05) is 6.61 Å². The lowest BCUT2D eigenvalue weighted by molar-refractivity contribution is -0.283. The Bertz CT molecular complexity index is 592. The van der Waals surface area contributed by atoms with Crippen LogP contribution in [0.5, 0.6) is 0 Å². The smallest absolute Gasteiger partial charge is 0.190 e. The molecule has 0 N–H and O–H groups in total. The molecule has 0 aromatic heterocycles. The Morgan fingerprint density at radius 3 is 2.00 bits per heavy atom. The summed E-state index contributed by atoms with van der Waals surface area (Å²) in [7, 11) is 0. The summed E-state index contributed by atoms with van der Waals surface area (Å²) in [4.78, 5) is 0. The van der Waals surface area contributed by atoms with Gasteiger partial charge in [-0.1, -0.05) is 27.7 Å². The highest BCUT2D eigenvalue weighted by Gasteiger charge is 2.60. The van der Waals surface area contributed by atoms with E-state index in [1.54, 1.807) is 0 Å². The molecule has 29 heavy (non-hydrogen) atoms. The van der Waals surface area contributed by atoms with Crippen LogP contribution in [0.3, 0.4) is 0 Å². The van der Waals surface area contributed by atoms with Crippen molar-refractivity contribution in [3.63, 3.8) is 0 Å². The van der Waals surface area contributed by atoms with Gasteiger partial charge in [-0.2, -0.15) is 0 Å². The maximum atomic E-state index is 6.29. The summed E-state index contributed by atoms with van der Waals surface area (Å²) in [6.45, 7) is 16.9. The van der Waals surface area contributed by atoms with Crippen LogP contribution in [0.15, 0.2) is 0 Å². The van der Waals surface area contributed by atoms with Gasteiger partial charge in [-0.3, -0.25) is 0 Å². The quantitative estimate of drug-likeness (QED) is 0.698. The highest BCUT2D eigenvalue weighted by atomic mass is 16.9. The number of hydrogen-bond acceptors (Lipinski definition) is 7. The van der Waals surface area contributed by atoms with E-state index >= 15 is 0 Å². The standard InChI is InChI=1S/C22H38O7/c1-9-14-12(3)11(2)13(4)19(24-14)23-10-15-16-17(27-21(5,6)26-16)18-20(25-15)29-22(7,8)28-18/h11-20H,9-10H2,1-8H3/t11?,12-,13?,14?,15?,16+,17?,18?,19-,20+/m1/s1. The third kappa shape index (κ3) is 4.12. The molecule has 7 heteroatoms. The van der Waals surface area contributed by atoms with Crippen molar-refractivity contribution in [3.05, 3.63) is 0 Å². The molecule has 4 aliphatic rings. The molecule has 0 saturated carbocycles. The van der Waals surface area contributed by atoms with Crippen LogP contribution in [0.1, 0.15) is 61.8 Å². The van der Waals surface area contributed by atoms with Gasteiger partial charge >= 0.3 is 0 Å². The van der Waals surface area contributed by atoms with E-state index in [1.807, 2.05) is 27.7 Å². The van der Waals surface area contributed by atoms with Crippen LogP contribution in [0, 0.1) is 17.8 Å². The normalized spacial score (nSPS) is 50.9. The summed E-state index contributed by atoms with van der Waals surface area (Å²) in [5.41, 5.74) is 0. The number of rotatable bonds is 4. The van der Waals surface area contributed by atoms with Crippen LogP contribution in [-0.2, 0) is 33.2 Å². The maximum Gasteiger partial charge on any atom is 0.190 e. The fourth-order valence-electron chi connectivity index (χ4n) is 5.16. The summed E-state index contributed by atoms with van der Waals surface area (Å²) in [6.07, 6.45) is -0.713. The van der Waals surface area contributed by atoms with Crippen molar-refractivity contribution >= 4 is 0 Å². The van der Waals surface area contributed by atoms with Crippen molar-refractivity contribution in [1.82, 2.24) is 0 Å². The molecule has 7 nitrogen and oxygen atoms in total. The van der Waals surface area contributed by atoms with Crippen LogP contribution in [-0.4, -0.2) is 61.3 Å². The molecule has 0 aromatic carbocycles. The second-order valence-corrected chi connectivity index (χ2v) is 10.1. The molecule has 6 unspecified atom stereocenters. The highest BCUT2D eigenvalue weighted by Crippen LogP contribution is 2.44. The van der Waals surface area contributed by atoms with Crippen LogP contribution in [0.4, 0.5) is 0 Å². The van der Waals surface area contributed by atoms with Gasteiger partial charge in [0.15, 0.2) is 24.2 Å². The van der Waals surface area contributed by atoms with E-state index < -0.39 is 17.9 Å². The zero-order valence-electron chi connectivity index (χ0n) is 19.0. The summed E-state index contributed by atoms with van der Waals surface area (Å²) in [6, 6.07) is 0. The summed E-state index contributed by atoms with van der Waals surface area (Å²) in [5, 5.41) is 0. The minimum atomic E-state index is -0.716. The predicted octanol–water partition coefficient (Wildman–Crippen LogP) is 3.44. The van der Waals surface area contributed by atoms with E-state index in [0.717, 1.165) is 6.42 Å². The molecular weight excluding hydrogens is 376 g/mol. The molecule has 4 rings (SSSR count). The van der Waals surface area contributed by atoms with Gasteiger partial charge in [-0.05, 0) is 46.0 Å². The Morgan fingerprint density at radius 1 is 0.690 bits per heavy atom. The first-order chi connectivity index (χ1) is 13.5. The van der Waals surface area contributed by atoms with E-state index in [4.69, 9.17) is 33.2 Å². The fourth-order valence-corrected chi connectivity index (χ4v) is 5.16. The van der Waals surface area contributed by atoms with E-state index in [2.05, 4.69) is 27.7 Å². The first-order valence-corrected chi connectivity index (χ1v) is 11.1. The van der Waals surface area contributed by atoms with Gasteiger partial charge in [-0.15, -0.1) is 0 Å². The molecule has 0 radical (unpaired) electrons. The summed E-state index contributed by atoms with van der Waals surface area (Å²) < 4.78 is 43.2. The Morgan fingerprint density at radius 2 is 1.31 bits per heavy atom. The first kappa shape index (κ1) is 21.9. The van der Waals surface area contributed by atoms with Gasteiger partial charge in [0.05, 0.1) is 12.7 Å². The van der Waals surface area contributed by atoms with E-state index in [1.165, 1.54) is 0 Å². The monoisotopic (exact) mass is 414 g/mol. The Kier molecular flexibility index (Phi) is 5.82. The molecule has 0 spiro atoms. The van der Waals surface area contributed by atoms with Gasteiger partial charge in [0.25, 0.3) is 0 Å². The second kappa shape index (κ2) is 7.69. The van der Waals surface area contributed by atoms with Gasteiger partial charge in [0.2, 0.25) is 0 Å². The highest BCUT2D eigenvalue weighted by molar-refractivity contribution is 5.00. The Balaban J connectivity index is 1.45. The zero-order chi connectivity index (χ0) is 21.1. The maximum absolute atomic E-state index is 6.29. The van der Waals surface area contributed by atoms with Crippen molar-refractivity contribution < 1.29 is 33.2 Å². The minimum absolute atomic E-state index is 0.216. The van der Waals surface area contributed by atoms with Crippen LogP contribution >= 0.6 is 0 Å². The second-order valence-electron chi connectivity index (χ2n) is 10.1. The van der Waals surface area contributed by atoms with Crippen LogP contribution in [0.2, 0.25) is 0 Å². The minimum Gasteiger partial charge on any atom is -0.350 e. The SMILES string of the molecule is CCC1O[C@@H](OCC2O[C@H]3OC(C)(C)OC3C3OC(C)(C)O[C@@H]23)C(C)C(C)[C@H]1C. The average Bonchev–Trinajstić information content (AvgIpc) is 3.13. The molecule has 10 atom stereocenters. The number of ether oxygens (including phenoxy) is 7. The van der Waals surface area contributed by atoms with Gasteiger partial charge in [0, 0.05) is 5.92 Å². The summed E-state index contributed by atoms with van der Waals surface area (Å²) >= 11 is 0. The molecule has 4 aliphatic heterocycles.